The summed E-state index contributed by atoms with van der Waals surface area (Å²) < 4.78 is 0.990. The van der Waals surface area contributed by atoms with Crippen LogP contribution in [0.1, 0.15) is 31.4 Å². The zero-order valence-electron chi connectivity index (χ0n) is 17.4. The molecule has 0 radical (unpaired) electrons. The lowest BCUT2D eigenvalue weighted by Gasteiger charge is -2.34. The van der Waals surface area contributed by atoms with Crippen LogP contribution in [0.5, 0.6) is 0 Å². The molecule has 2 rings (SSSR count). The van der Waals surface area contributed by atoms with E-state index in [0.717, 1.165) is 30.5 Å². The van der Waals surface area contributed by atoms with Gasteiger partial charge in [0.25, 0.3) is 5.91 Å². The molecule has 2 aromatic carbocycles. The SMILES string of the molecule is CC[N+](C)(CC)CCCN(C)C(=O)C(O)(c1ccccc1)c1ccccc1.[Br-]. The molecule has 0 aliphatic carbocycles. The van der Waals surface area contributed by atoms with Gasteiger partial charge in [0.1, 0.15) is 0 Å². The molecule has 4 nitrogen and oxygen atoms in total. The third-order valence-electron chi connectivity index (χ3n) is 5.76. The van der Waals surface area contributed by atoms with Crippen molar-refractivity contribution in [2.45, 2.75) is 25.9 Å². The van der Waals surface area contributed by atoms with Gasteiger partial charge in [-0.1, -0.05) is 60.7 Å². The number of benzene rings is 2. The molecular weight excluding hydrogens is 416 g/mol. The van der Waals surface area contributed by atoms with Gasteiger partial charge in [0.15, 0.2) is 5.60 Å². The fourth-order valence-corrected chi connectivity index (χ4v) is 3.38. The summed E-state index contributed by atoms with van der Waals surface area (Å²) in [7, 11) is 4.02. The maximum Gasteiger partial charge on any atom is 0.263 e. The van der Waals surface area contributed by atoms with Crippen LogP contribution in [0.15, 0.2) is 60.7 Å². The number of quaternary nitrogens is 1. The van der Waals surface area contributed by atoms with Gasteiger partial charge >= 0.3 is 0 Å². The molecule has 0 unspecified atom stereocenters. The highest BCUT2D eigenvalue weighted by Crippen LogP contribution is 2.31. The van der Waals surface area contributed by atoms with E-state index in [-0.39, 0.29) is 22.9 Å². The average molecular weight is 449 g/mol. The van der Waals surface area contributed by atoms with Crippen LogP contribution in [0.3, 0.4) is 0 Å². The topological polar surface area (TPSA) is 40.5 Å². The van der Waals surface area contributed by atoms with E-state index in [1.165, 1.54) is 0 Å². The number of carbonyl (C=O) groups is 1. The van der Waals surface area contributed by atoms with Crippen LogP contribution in [0.4, 0.5) is 0 Å². The van der Waals surface area contributed by atoms with Crippen molar-refractivity contribution in [3.8, 4) is 0 Å². The Kier molecular flexibility index (Phi) is 9.34. The van der Waals surface area contributed by atoms with E-state index in [0.29, 0.717) is 17.7 Å². The normalized spacial score (nSPS) is 11.6. The quantitative estimate of drug-likeness (QED) is 0.559. The smallest absolute Gasteiger partial charge is 0.263 e. The van der Waals surface area contributed by atoms with Gasteiger partial charge < -0.3 is 31.5 Å². The summed E-state index contributed by atoms with van der Waals surface area (Å²) in [4.78, 5) is 15.0. The van der Waals surface area contributed by atoms with Crippen LogP contribution >= 0.6 is 0 Å². The van der Waals surface area contributed by atoms with Crippen molar-refractivity contribution in [3.05, 3.63) is 71.8 Å². The van der Waals surface area contributed by atoms with E-state index >= 15 is 0 Å². The fourth-order valence-electron chi connectivity index (χ4n) is 3.38. The molecule has 0 saturated carbocycles. The van der Waals surface area contributed by atoms with Gasteiger partial charge in [-0.3, -0.25) is 4.79 Å². The Labute approximate surface area is 180 Å². The number of amides is 1. The number of rotatable bonds is 9. The van der Waals surface area contributed by atoms with E-state index in [9.17, 15) is 9.90 Å². The maximum absolute atomic E-state index is 13.3. The highest BCUT2D eigenvalue weighted by atomic mass is 79.9. The second kappa shape index (κ2) is 10.7. The van der Waals surface area contributed by atoms with Crippen LogP contribution in [-0.4, -0.2) is 60.7 Å². The molecule has 154 valence electrons. The highest BCUT2D eigenvalue weighted by Gasteiger charge is 2.41. The lowest BCUT2D eigenvalue weighted by Crippen LogP contribution is -3.00. The van der Waals surface area contributed by atoms with Gasteiger partial charge in [0.2, 0.25) is 0 Å². The summed E-state index contributed by atoms with van der Waals surface area (Å²) >= 11 is 0. The Balaban J connectivity index is 0.00000392. The van der Waals surface area contributed by atoms with E-state index in [4.69, 9.17) is 0 Å². The summed E-state index contributed by atoms with van der Waals surface area (Å²) in [5.41, 5.74) is -0.489. The lowest BCUT2D eigenvalue weighted by atomic mass is 9.85. The Morgan fingerprint density at radius 2 is 1.39 bits per heavy atom. The first kappa shape index (κ1) is 24.3. The number of nitrogens with zero attached hydrogens (tertiary/aromatic N) is 2. The van der Waals surface area contributed by atoms with E-state index in [1.54, 1.807) is 36.2 Å². The number of carbonyl (C=O) groups excluding carboxylic acids is 1. The van der Waals surface area contributed by atoms with Gasteiger partial charge in [0.05, 0.1) is 26.7 Å². The van der Waals surface area contributed by atoms with Crippen LogP contribution < -0.4 is 17.0 Å². The van der Waals surface area contributed by atoms with Crippen molar-refractivity contribution < 1.29 is 31.4 Å². The van der Waals surface area contributed by atoms with Crippen LogP contribution in [0.2, 0.25) is 0 Å². The first-order valence-electron chi connectivity index (χ1n) is 9.80. The molecule has 0 aliphatic heterocycles. The summed E-state index contributed by atoms with van der Waals surface area (Å²) in [6.45, 7) is 8.18. The second-order valence-electron chi connectivity index (χ2n) is 7.50. The minimum Gasteiger partial charge on any atom is -1.00 e. The first-order chi connectivity index (χ1) is 12.9. The molecule has 0 aromatic heterocycles. The zero-order chi connectivity index (χ0) is 19.9. The molecule has 0 saturated heterocycles. The van der Waals surface area contributed by atoms with E-state index in [1.807, 2.05) is 36.4 Å². The lowest BCUT2D eigenvalue weighted by molar-refractivity contribution is -0.906. The summed E-state index contributed by atoms with van der Waals surface area (Å²) in [5, 5.41) is 11.5. The molecule has 0 aliphatic rings. The number of halogens is 1. The van der Waals surface area contributed by atoms with Crippen LogP contribution in [0.25, 0.3) is 0 Å². The van der Waals surface area contributed by atoms with Gasteiger partial charge in [-0.2, -0.15) is 0 Å². The van der Waals surface area contributed by atoms with Crippen LogP contribution in [-0.2, 0) is 10.4 Å². The zero-order valence-corrected chi connectivity index (χ0v) is 19.0. The fraction of sp³-hybridized carbons (Fsp3) is 0.435. The third kappa shape index (κ3) is 5.43. The molecule has 0 spiro atoms. The predicted octanol–water partition coefficient (Wildman–Crippen LogP) is 0.261. The van der Waals surface area contributed by atoms with Crippen LogP contribution in [0, 0.1) is 0 Å². The summed E-state index contributed by atoms with van der Waals surface area (Å²) in [5.74, 6) is -0.290. The molecule has 0 atom stereocenters. The molecular formula is C23H33BrN2O2. The monoisotopic (exact) mass is 448 g/mol. The highest BCUT2D eigenvalue weighted by molar-refractivity contribution is 5.90. The van der Waals surface area contributed by atoms with Crippen molar-refractivity contribution in [2.75, 3.05) is 40.3 Å². The van der Waals surface area contributed by atoms with Crippen molar-refractivity contribution in [3.63, 3.8) is 0 Å². The van der Waals surface area contributed by atoms with Gasteiger partial charge in [-0.05, 0) is 25.0 Å². The molecule has 1 amide bonds. The van der Waals surface area contributed by atoms with Crippen molar-refractivity contribution in [2.24, 2.45) is 0 Å². The average Bonchev–Trinajstić information content (AvgIpc) is 2.73. The summed E-state index contributed by atoms with van der Waals surface area (Å²) in [6, 6.07) is 18.4. The maximum atomic E-state index is 13.3. The molecule has 28 heavy (non-hydrogen) atoms. The Morgan fingerprint density at radius 3 is 1.79 bits per heavy atom. The number of aliphatic hydroxyl groups is 1. The minimum atomic E-state index is -1.68. The molecule has 2 aromatic rings. The van der Waals surface area contributed by atoms with Gasteiger partial charge in [-0.25, -0.2) is 0 Å². The van der Waals surface area contributed by atoms with Gasteiger partial charge in [0, 0.05) is 20.0 Å². The standard InChI is InChI=1S/C23H33N2O2.BrH/c1-5-25(4,6-2)19-13-18-24(3)22(26)23(27,20-14-9-7-10-15-20)21-16-11-8-12-17-21;/h7-12,14-17,27H,5-6,13,18-19H2,1-4H3;1H/q+1;/p-1. The van der Waals surface area contributed by atoms with Crippen molar-refractivity contribution >= 4 is 5.91 Å². The largest absolute Gasteiger partial charge is 1.00 e. The molecule has 0 fully saturated rings. The Morgan fingerprint density at radius 1 is 0.964 bits per heavy atom. The van der Waals surface area contributed by atoms with Gasteiger partial charge in [-0.15, -0.1) is 0 Å². The molecule has 0 bridgehead atoms. The Bertz CT molecular complexity index is 678. The molecule has 5 heteroatoms. The minimum absolute atomic E-state index is 0. The number of hydrogen-bond acceptors (Lipinski definition) is 2. The van der Waals surface area contributed by atoms with Crippen molar-refractivity contribution in [1.82, 2.24) is 4.90 Å². The number of likely N-dealkylation sites (N-methyl/N-ethyl adjacent to an activating group) is 1. The summed E-state index contributed by atoms with van der Waals surface area (Å²) in [6.07, 6.45) is 0.903. The third-order valence-corrected chi connectivity index (χ3v) is 5.76. The van der Waals surface area contributed by atoms with Crippen molar-refractivity contribution in [1.29, 1.82) is 0 Å². The molecule has 0 heterocycles. The first-order valence-corrected chi connectivity index (χ1v) is 9.80. The Hall–Kier alpha value is -1.69. The predicted molar refractivity (Wildman–Crippen MR) is 110 cm³/mol. The van der Waals surface area contributed by atoms with E-state index < -0.39 is 5.60 Å². The number of hydrogen-bond donors (Lipinski definition) is 1. The van der Waals surface area contributed by atoms with E-state index in [2.05, 4.69) is 20.9 Å². The second-order valence-corrected chi connectivity index (χ2v) is 7.50. The molecule has 1 N–H and O–H groups in total.